The zero-order chi connectivity index (χ0) is 13.8. The van der Waals surface area contributed by atoms with Crippen molar-refractivity contribution in [1.82, 2.24) is 15.3 Å². The van der Waals surface area contributed by atoms with E-state index in [9.17, 15) is 9.59 Å². The number of halogens is 1. The highest BCUT2D eigenvalue weighted by atomic mass is 79.9. The third kappa shape index (κ3) is 3.22. The Morgan fingerprint density at radius 2 is 2.37 bits per heavy atom. The van der Waals surface area contributed by atoms with E-state index in [2.05, 4.69) is 31.2 Å². The van der Waals surface area contributed by atoms with Gasteiger partial charge in [0.25, 0.3) is 5.91 Å². The molecule has 0 saturated heterocycles. The van der Waals surface area contributed by atoms with E-state index in [1.165, 1.54) is 24.9 Å². The van der Waals surface area contributed by atoms with Crippen LogP contribution >= 0.6 is 15.9 Å². The Kier molecular flexibility index (Phi) is 4.00. The van der Waals surface area contributed by atoms with Gasteiger partial charge in [0.1, 0.15) is 6.04 Å². The Morgan fingerprint density at radius 1 is 1.58 bits per heavy atom. The zero-order valence-corrected chi connectivity index (χ0v) is 11.2. The number of carboxylic acids is 1. The van der Waals surface area contributed by atoms with E-state index in [0.29, 0.717) is 5.69 Å². The highest BCUT2D eigenvalue weighted by Gasteiger charge is 2.23. The van der Waals surface area contributed by atoms with Gasteiger partial charge in [-0.05, 0) is 22.0 Å². The summed E-state index contributed by atoms with van der Waals surface area (Å²) in [5, 5.41) is 11.5. The number of rotatable bonds is 5. The van der Waals surface area contributed by atoms with Crippen molar-refractivity contribution < 1.29 is 19.1 Å². The van der Waals surface area contributed by atoms with Crippen LogP contribution in [0.25, 0.3) is 0 Å². The molecule has 2 aromatic rings. The number of carboxylic acid groups (broad SMARTS) is 1. The number of aromatic amines is 1. The molecule has 0 bridgehead atoms. The molecule has 0 aliphatic carbocycles. The quantitative estimate of drug-likeness (QED) is 0.764. The summed E-state index contributed by atoms with van der Waals surface area (Å²) in [5.41, 5.74) is 0.870. The molecular formula is C11H10BrN3O4. The normalized spacial score (nSPS) is 12.1. The molecule has 0 spiro atoms. The third-order valence-corrected chi connectivity index (χ3v) is 3.06. The van der Waals surface area contributed by atoms with Gasteiger partial charge in [0.2, 0.25) is 0 Å². The predicted octanol–water partition coefficient (Wildman–Crippen LogP) is 1.19. The number of nitrogens with zero attached hydrogens (tertiary/aromatic N) is 1. The van der Waals surface area contributed by atoms with Crippen LogP contribution in [0.4, 0.5) is 0 Å². The second-order valence-corrected chi connectivity index (χ2v) is 4.47. The summed E-state index contributed by atoms with van der Waals surface area (Å²) in [6.45, 7) is 0. The fourth-order valence-corrected chi connectivity index (χ4v) is 1.93. The van der Waals surface area contributed by atoms with E-state index in [1.807, 2.05) is 0 Å². The van der Waals surface area contributed by atoms with E-state index < -0.39 is 17.9 Å². The molecule has 8 heteroatoms. The van der Waals surface area contributed by atoms with Gasteiger partial charge in [-0.25, -0.2) is 9.78 Å². The first kappa shape index (κ1) is 13.3. The molecular weight excluding hydrogens is 318 g/mol. The molecule has 0 aromatic carbocycles. The van der Waals surface area contributed by atoms with Crippen LogP contribution in [0.15, 0.2) is 33.9 Å². The van der Waals surface area contributed by atoms with E-state index >= 15 is 0 Å². The van der Waals surface area contributed by atoms with Gasteiger partial charge in [-0.1, -0.05) is 0 Å². The number of furan rings is 1. The average molecular weight is 328 g/mol. The van der Waals surface area contributed by atoms with Crippen LogP contribution in [0.1, 0.15) is 16.1 Å². The maximum Gasteiger partial charge on any atom is 0.326 e. The number of H-pyrrole nitrogens is 1. The molecule has 2 heterocycles. The van der Waals surface area contributed by atoms with E-state index in [1.54, 1.807) is 0 Å². The number of aliphatic carboxylic acids is 1. The fraction of sp³-hybridized carbons (Fsp3) is 0.182. The van der Waals surface area contributed by atoms with Gasteiger partial charge >= 0.3 is 5.97 Å². The third-order valence-electron chi connectivity index (χ3n) is 2.44. The van der Waals surface area contributed by atoms with Gasteiger partial charge in [-0.15, -0.1) is 0 Å². The van der Waals surface area contributed by atoms with E-state index in [0.717, 1.165) is 0 Å². The van der Waals surface area contributed by atoms with Crippen molar-refractivity contribution in [2.45, 2.75) is 12.5 Å². The molecule has 100 valence electrons. The minimum Gasteiger partial charge on any atom is -0.480 e. The summed E-state index contributed by atoms with van der Waals surface area (Å²) in [6, 6.07) is 0.406. The summed E-state index contributed by atoms with van der Waals surface area (Å²) in [4.78, 5) is 29.6. The fourth-order valence-electron chi connectivity index (χ4n) is 1.51. The molecule has 1 amide bonds. The van der Waals surface area contributed by atoms with E-state index in [4.69, 9.17) is 9.52 Å². The van der Waals surface area contributed by atoms with Crippen LogP contribution in [-0.2, 0) is 11.2 Å². The molecule has 0 aliphatic heterocycles. The minimum absolute atomic E-state index is 0.122. The number of hydrogen-bond acceptors (Lipinski definition) is 4. The van der Waals surface area contributed by atoms with Crippen LogP contribution in [0, 0.1) is 0 Å². The van der Waals surface area contributed by atoms with Gasteiger partial charge in [0.05, 0.1) is 18.2 Å². The molecule has 2 aromatic heterocycles. The van der Waals surface area contributed by atoms with Crippen molar-refractivity contribution in [3.8, 4) is 0 Å². The van der Waals surface area contributed by atoms with Crippen LogP contribution in [-0.4, -0.2) is 33.0 Å². The Balaban J connectivity index is 2.07. The van der Waals surface area contributed by atoms with Crippen molar-refractivity contribution >= 4 is 27.8 Å². The first-order chi connectivity index (χ1) is 9.08. The number of carbonyl (C=O) groups is 2. The van der Waals surface area contributed by atoms with Gasteiger partial charge in [-0.2, -0.15) is 0 Å². The summed E-state index contributed by atoms with van der Waals surface area (Å²) in [7, 11) is 0. The second kappa shape index (κ2) is 5.70. The first-order valence-electron chi connectivity index (χ1n) is 5.32. The minimum atomic E-state index is -1.12. The molecule has 0 saturated carbocycles. The van der Waals surface area contributed by atoms with Gasteiger partial charge < -0.3 is 19.8 Å². The molecule has 19 heavy (non-hydrogen) atoms. The molecule has 0 aliphatic rings. The topological polar surface area (TPSA) is 108 Å². The summed E-state index contributed by atoms with van der Waals surface area (Å²) in [5.74, 6) is -1.64. The molecule has 0 radical (unpaired) electrons. The SMILES string of the molecule is O=C(N[C@H](Cc1cnc[nH]1)C(=O)O)c1ccoc1Br. The monoisotopic (exact) mass is 327 g/mol. The standard InChI is InChI=1S/C11H10BrN3O4/c12-9-7(1-2-19-9)10(16)15-8(11(17)18)3-6-4-13-5-14-6/h1-2,4-5,8H,3H2,(H,13,14)(H,15,16)(H,17,18)/t8-/m1/s1. The van der Waals surface area contributed by atoms with Crippen molar-refractivity contribution in [2.75, 3.05) is 0 Å². The second-order valence-electron chi connectivity index (χ2n) is 3.75. The summed E-state index contributed by atoms with van der Waals surface area (Å²) < 4.78 is 5.19. The lowest BCUT2D eigenvalue weighted by Crippen LogP contribution is -2.42. The molecule has 3 N–H and O–H groups in total. The van der Waals surface area contributed by atoms with Gasteiger partial charge in [0, 0.05) is 18.3 Å². The van der Waals surface area contributed by atoms with Crippen molar-refractivity contribution in [3.63, 3.8) is 0 Å². The summed E-state index contributed by atoms with van der Waals surface area (Å²) >= 11 is 3.06. The Bertz CT molecular complexity index is 579. The molecule has 2 rings (SSSR count). The number of aromatic nitrogens is 2. The lowest BCUT2D eigenvalue weighted by atomic mass is 10.1. The Morgan fingerprint density at radius 3 is 2.89 bits per heavy atom. The highest BCUT2D eigenvalue weighted by Crippen LogP contribution is 2.17. The van der Waals surface area contributed by atoms with Crippen molar-refractivity contribution in [2.24, 2.45) is 0 Å². The van der Waals surface area contributed by atoms with Gasteiger partial charge in [-0.3, -0.25) is 4.79 Å². The zero-order valence-electron chi connectivity index (χ0n) is 9.59. The summed E-state index contributed by atoms with van der Waals surface area (Å²) in [6.07, 6.45) is 4.42. The largest absolute Gasteiger partial charge is 0.480 e. The Hall–Kier alpha value is -2.09. The number of hydrogen-bond donors (Lipinski definition) is 3. The molecule has 7 nitrogen and oxygen atoms in total. The highest BCUT2D eigenvalue weighted by molar-refractivity contribution is 9.10. The first-order valence-corrected chi connectivity index (χ1v) is 6.11. The number of imidazole rings is 1. The van der Waals surface area contributed by atoms with Crippen molar-refractivity contribution in [1.29, 1.82) is 0 Å². The molecule has 0 fully saturated rings. The number of nitrogens with one attached hydrogen (secondary N) is 2. The smallest absolute Gasteiger partial charge is 0.326 e. The number of carbonyl (C=O) groups excluding carboxylic acids is 1. The van der Waals surface area contributed by atoms with Crippen LogP contribution < -0.4 is 5.32 Å². The average Bonchev–Trinajstić information content (AvgIpc) is 2.99. The molecule has 0 unspecified atom stereocenters. The van der Waals surface area contributed by atoms with Crippen LogP contribution in [0.2, 0.25) is 0 Å². The van der Waals surface area contributed by atoms with Crippen LogP contribution in [0.3, 0.4) is 0 Å². The Labute approximate surface area is 116 Å². The maximum absolute atomic E-state index is 11.9. The number of amides is 1. The van der Waals surface area contributed by atoms with E-state index in [-0.39, 0.29) is 16.7 Å². The van der Waals surface area contributed by atoms with Crippen LogP contribution in [0.5, 0.6) is 0 Å². The van der Waals surface area contributed by atoms with Crippen molar-refractivity contribution in [3.05, 3.63) is 40.8 Å². The lowest BCUT2D eigenvalue weighted by Gasteiger charge is -2.13. The lowest BCUT2D eigenvalue weighted by molar-refractivity contribution is -0.139. The predicted molar refractivity (Wildman–Crippen MR) is 67.6 cm³/mol. The van der Waals surface area contributed by atoms with Gasteiger partial charge in [0.15, 0.2) is 4.67 Å². The molecule has 1 atom stereocenters. The maximum atomic E-state index is 11.9.